The van der Waals surface area contributed by atoms with Crippen molar-refractivity contribution in [3.8, 4) is 21.9 Å². The van der Waals surface area contributed by atoms with E-state index < -0.39 is 36.1 Å². The number of carbonyl (C=O) groups is 3. The van der Waals surface area contributed by atoms with Crippen LogP contribution in [0.3, 0.4) is 0 Å². The van der Waals surface area contributed by atoms with Crippen LogP contribution in [0.5, 0.6) is 11.5 Å². The highest BCUT2D eigenvalue weighted by Gasteiger charge is 2.43. The lowest BCUT2D eigenvalue weighted by Crippen LogP contribution is -2.56. The molecule has 1 saturated heterocycles. The second-order valence-corrected chi connectivity index (χ2v) is 19.0. The van der Waals surface area contributed by atoms with Crippen LogP contribution in [0.1, 0.15) is 93.8 Å². The number of unbranched alkanes of at least 4 members (excludes halogenated alkanes) is 4. The monoisotopic (exact) mass is 928 g/mol. The van der Waals surface area contributed by atoms with Crippen molar-refractivity contribution in [3.05, 3.63) is 87.2 Å². The molecule has 3 atom stereocenters. The number of hydrogen-bond acceptors (Lipinski definition) is 10. The van der Waals surface area contributed by atoms with Gasteiger partial charge in [0.05, 0.1) is 50.6 Å². The van der Waals surface area contributed by atoms with Gasteiger partial charge in [-0.15, -0.1) is 11.3 Å². The maximum Gasteiger partial charge on any atom is 0.387 e. The first-order chi connectivity index (χ1) is 30.1. The smallest absolute Gasteiger partial charge is 0.387 e. The van der Waals surface area contributed by atoms with Crippen LogP contribution < -0.4 is 25.0 Å². The predicted molar refractivity (Wildman–Crippen MR) is 242 cm³/mol. The average molecular weight is 930 g/mol. The van der Waals surface area contributed by atoms with Gasteiger partial charge >= 0.3 is 6.61 Å². The number of amides is 3. The van der Waals surface area contributed by atoms with Gasteiger partial charge in [-0.2, -0.15) is 8.78 Å². The molecule has 12 nitrogen and oxygen atoms in total. The zero-order chi connectivity index (χ0) is 45.3. The van der Waals surface area contributed by atoms with Gasteiger partial charge in [-0.1, -0.05) is 87.5 Å². The molecule has 2 aliphatic rings. The summed E-state index contributed by atoms with van der Waals surface area (Å²) in [5, 5.41) is 17.4. The number of nitrogens with one attached hydrogen (secondary N) is 2. The number of ether oxygens (including phenoxy) is 2. The van der Waals surface area contributed by atoms with Gasteiger partial charge in [0, 0.05) is 44.0 Å². The molecule has 340 valence electrons. The van der Waals surface area contributed by atoms with Crippen molar-refractivity contribution in [1.82, 2.24) is 25.5 Å². The Balaban J connectivity index is 0.998. The number of benzene rings is 2. The fourth-order valence-electron chi connectivity index (χ4n) is 7.64. The molecule has 3 amide bonds. The van der Waals surface area contributed by atoms with E-state index in [-0.39, 0.29) is 58.4 Å². The van der Waals surface area contributed by atoms with E-state index in [1.807, 2.05) is 57.5 Å². The summed E-state index contributed by atoms with van der Waals surface area (Å²) in [4.78, 5) is 54.1. The minimum atomic E-state index is -3.06. The average Bonchev–Trinajstić information content (AvgIpc) is 3.84. The molecule has 1 saturated carbocycles. The van der Waals surface area contributed by atoms with E-state index in [0.29, 0.717) is 37.7 Å². The topological polar surface area (TPSA) is 146 Å². The molecular weight excluding hydrogens is 874 g/mol. The molecule has 17 heteroatoms. The van der Waals surface area contributed by atoms with Gasteiger partial charge in [0.15, 0.2) is 11.5 Å². The number of nitrogens with zero attached hydrogens (tertiary/aromatic N) is 4. The summed E-state index contributed by atoms with van der Waals surface area (Å²) in [7, 11) is 0. The van der Waals surface area contributed by atoms with E-state index in [9.17, 15) is 28.3 Å². The van der Waals surface area contributed by atoms with Crippen molar-refractivity contribution in [2.45, 2.75) is 110 Å². The Morgan fingerprint density at radius 2 is 1.70 bits per heavy atom. The van der Waals surface area contributed by atoms with Gasteiger partial charge in [-0.3, -0.25) is 19.4 Å². The van der Waals surface area contributed by atoms with Crippen LogP contribution in [0, 0.1) is 18.3 Å². The van der Waals surface area contributed by atoms with Crippen LogP contribution in [0.25, 0.3) is 10.4 Å². The third-order valence-corrected chi connectivity index (χ3v) is 12.8. The molecule has 2 aromatic carbocycles. The number of carbonyl (C=O) groups excluding carboxylic acids is 3. The third kappa shape index (κ3) is 13.1. The highest BCUT2D eigenvalue weighted by Crippen LogP contribution is 2.37. The maximum absolute atomic E-state index is 14.1. The third-order valence-electron chi connectivity index (χ3n) is 11.2. The molecular formula is C46H56Cl2F2N6O6S. The van der Waals surface area contributed by atoms with Crippen molar-refractivity contribution in [2.24, 2.45) is 11.3 Å². The van der Waals surface area contributed by atoms with E-state index >= 15 is 0 Å². The highest BCUT2D eigenvalue weighted by atomic mass is 35.5. The number of likely N-dealkylation sites (tertiary alicyclic amines) is 1. The second kappa shape index (κ2) is 22.0. The number of thiazole rings is 1. The van der Waals surface area contributed by atoms with Crippen molar-refractivity contribution in [3.63, 3.8) is 0 Å². The lowest BCUT2D eigenvalue weighted by Gasteiger charge is -2.35. The first-order valence-corrected chi connectivity index (χ1v) is 23.1. The summed E-state index contributed by atoms with van der Waals surface area (Å²) in [5.74, 6) is -0.720. The van der Waals surface area contributed by atoms with E-state index in [4.69, 9.17) is 27.9 Å². The number of anilines is 1. The summed E-state index contributed by atoms with van der Waals surface area (Å²) in [5.41, 5.74) is 4.79. The standard InChI is InChI=1S/C46H56Cl2F2N6O6S/c1-28-40(63-27-54-28)31-14-12-29(13-15-31)22-53-42(58)36-21-33(57)25-56(36)44(60)41(46(2,3)4)52-18-8-6-5-7-9-19-55(39-34(47)23-51-24-35(39)48)43(59)32-16-17-37(62-45(49)50)38(20-32)61-26-30-10-11-30/h12-17,20,23-24,27,30,33,36,41,45,52,57H,5-11,18-19,21-22,25-26H2,1-4H3,(H,53,58). The number of aliphatic hydroxyl groups excluding tert-OH is 1. The molecule has 2 aromatic heterocycles. The van der Waals surface area contributed by atoms with E-state index in [2.05, 4.69) is 25.3 Å². The maximum atomic E-state index is 14.1. The van der Waals surface area contributed by atoms with Gasteiger partial charge in [0.2, 0.25) is 11.8 Å². The van der Waals surface area contributed by atoms with Crippen LogP contribution in [-0.4, -0.2) is 88.7 Å². The summed E-state index contributed by atoms with van der Waals surface area (Å²) in [6.45, 7) is 6.37. The molecule has 1 aliphatic heterocycles. The second-order valence-electron chi connectivity index (χ2n) is 17.3. The number of alkyl halides is 2. The fourth-order valence-corrected chi connectivity index (χ4v) is 9.02. The quantitative estimate of drug-likeness (QED) is 0.0697. The summed E-state index contributed by atoms with van der Waals surface area (Å²) >= 11 is 14.6. The van der Waals surface area contributed by atoms with Gasteiger partial charge in [0.1, 0.15) is 6.04 Å². The summed E-state index contributed by atoms with van der Waals surface area (Å²) in [6, 6.07) is 10.7. The molecule has 0 bridgehead atoms. The Morgan fingerprint density at radius 3 is 2.35 bits per heavy atom. The Morgan fingerprint density at radius 1 is 1.00 bits per heavy atom. The van der Waals surface area contributed by atoms with Gasteiger partial charge in [-0.25, -0.2) is 4.98 Å². The molecule has 4 aromatic rings. The van der Waals surface area contributed by atoms with Crippen molar-refractivity contribution in [1.29, 1.82) is 0 Å². The predicted octanol–water partition coefficient (Wildman–Crippen LogP) is 9.09. The Labute approximate surface area is 381 Å². The summed E-state index contributed by atoms with van der Waals surface area (Å²) < 4.78 is 36.8. The van der Waals surface area contributed by atoms with Crippen LogP contribution in [0.4, 0.5) is 14.5 Å². The number of aliphatic hydroxyl groups is 1. The number of pyridine rings is 1. The number of halogens is 4. The molecule has 6 rings (SSSR count). The zero-order valence-corrected chi connectivity index (χ0v) is 38.4. The number of β-amino-alcohol motifs (C(OH)–C–C–N with tert-alkyl or cyclic N) is 1. The van der Waals surface area contributed by atoms with Crippen molar-refractivity contribution in [2.75, 3.05) is 31.1 Å². The SMILES string of the molecule is Cc1ncsc1-c1ccc(CNC(=O)C2CC(O)CN2C(=O)C(NCCCCCCCN(C(=O)c2ccc(OC(F)F)c(OCC3CC3)c2)c2c(Cl)cncc2Cl)C(C)(C)C)cc1. The molecule has 0 spiro atoms. The number of hydrogen-bond donors (Lipinski definition) is 3. The molecule has 3 unspecified atom stereocenters. The molecule has 1 aliphatic carbocycles. The van der Waals surface area contributed by atoms with Crippen molar-refractivity contribution >= 4 is 57.9 Å². The minimum absolute atomic E-state index is 0.0588. The number of aryl methyl sites for hydroxylation is 1. The van der Waals surface area contributed by atoms with Crippen LogP contribution >= 0.6 is 34.5 Å². The molecule has 0 radical (unpaired) electrons. The normalized spacial score (nSPS) is 16.9. The molecule has 3 N–H and O–H groups in total. The Bertz CT molecular complexity index is 2170. The number of rotatable bonds is 21. The Hall–Kier alpha value is -4.41. The fraction of sp³-hybridized carbons (Fsp3) is 0.500. The van der Waals surface area contributed by atoms with Crippen LogP contribution in [0.15, 0.2) is 60.4 Å². The minimum Gasteiger partial charge on any atom is -0.489 e. The van der Waals surface area contributed by atoms with E-state index in [0.717, 1.165) is 60.2 Å². The van der Waals surface area contributed by atoms with Gasteiger partial charge in [0.25, 0.3) is 5.91 Å². The first kappa shape index (κ1) is 48.1. The van der Waals surface area contributed by atoms with E-state index in [1.165, 1.54) is 40.4 Å². The Kier molecular flexibility index (Phi) is 16.8. The van der Waals surface area contributed by atoms with Gasteiger partial charge < -0.3 is 35.0 Å². The van der Waals surface area contributed by atoms with Crippen LogP contribution in [0.2, 0.25) is 10.0 Å². The van der Waals surface area contributed by atoms with E-state index in [1.54, 1.807) is 11.3 Å². The molecule has 63 heavy (non-hydrogen) atoms. The highest BCUT2D eigenvalue weighted by molar-refractivity contribution is 7.13. The van der Waals surface area contributed by atoms with Gasteiger partial charge in [-0.05, 0) is 79.8 Å². The lowest BCUT2D eigenvalue weighted by atomic mass is 9.85. The first-order valence-electron chi connectivity index (χ1n) is 21.4. The van der Waals surface area contributed by atoms with Crippen molar-refractivity contribution < 1.29 is 37.7 Å². The van der Waals surface area contributed by atoms with Crippen LogP contribution in [-0.2, 0) is 16.1 Å². The number of aromatic nitrogens is 2. The lowest BCUT2D eigenvalue weighted by molar-refractivity contribution is -0.142. The molecule has 3 heterocycles. The largest absolute Gasteiger partial charge is 0.489 e. The zero-order valence-electron chi connectivity index (χ0n) is 36.1. The summed E-state index contributed by atoms with van der Waals surface area (Å²) in [6.07, 6.45) is 7.97. The molecule has 2 fully saturated rings.